The number of hydrogen-bond donors (Lipinski definition) is 3. The van der Waals surface area contributed by atoms with Gasteiger partial charge < -0.3 is 30.3 Å². The quantitative estimate of drug-likeness (QED) is 0.210. The van der Waals surface area contributed by atoms with Crippen LogP contribution in [0.2, 0.25) is 0 Å². The van der Waals surface area contributed by atoms with Crippen molar-refractivity contribution in [2.24, 2.45) is 5.73 Å². The van der Waals surface area contributed by atoms with Crippen molar-refractivity contribution >= 4 is 29.1 Å². The minimum atomic E-state index is -0.655. The van der Waals surface area contributed by atoms with E-state index >= 15 is 4.39 Å². The molecule has 11 heteroatoms. The minimum Gasteiger partial charge on any atom is -0.460 e. The third kappa shape index (κ3) is 7.28. The molecule has 2 aromatic rings. The summed E-state index contributed by atoms with van der Waals surface area (Å²) in [6, 6.07) is 5.03. The molecule has 1 aliphatic rings. The molecular formula is C22H32FN7O3. The first-order valence-corrected chi connectivity index (χ1v) is 10.3. The highest BCUT2D eigenvalue weighted by atomic mass is 19.1. The molecular weight excluding hydrogens is 429 g/mol. The summed E-state index contributed by atoms with van der Waals surface area (Å²) in [6.45, 7) is 3.64. The average Bonchev–Trinajstić information content (AvgIpc) is 2.79. The topological polar surface area (TPSA) is 130 Å². The van der Waals surface area contributed by atoms with E-state index < -0.39 is 11.8 Å². The van der Waals surface area contributed by atoms with Crippen LogP contribution in [0.5, 0.6) is 0 Å². The lowest BCUT2D eigenvalue weighted by Gasteiger charge is -2.37. The third-order valence-corrected chi connectivity index (χ3v) is 4.99. The Labute approximate surface area is 193 Å². The van der Waals surface area contributed by atoms with Gasteiger partial charge in [-0.05, 0) is 6.07 Å². The molecule has 0 saturated carbocycles. The number of carbonyl (C=O) groups excluding carboxylic acids is 1. The van der Waals surface area contributed by atoms with E-state index in [0.29, 0.717) is 51.0 Å². The second-order valence-electron chi connectivity index (χ2n) is 7.27. The lowest BCUT2D eigenvalue weighted by atomic mass is 10.1. The number of carbonyl (C=O) groups is 1. The normalized spacial score (nSPS) is 13.3. The molecule has 0 aliphatic carbocycles. The van der Waals surface area contributed by atoms with Gasteiger partial charge in [-0.25, -0.2) is 14.4 Å². The van der Waals surface area contributed by atoms with Crippen LogP contribution in [0.4, 0.5) is 21.7 Å². The molecule has 33 heavy (non-hydrogen) atoms. The second-order valence-corrected chi connectivity index (χ2v) is 7.27. The maximum atomic E-state index is 15.0. The Bertz CT molecular complexity index is 919. The molecule has 1 aliphatic heterocycles. The van der Waals surface area contributed by atoms with Crippen molar-refractivity contribution in [1.29, 1.82) is 5.41 Å². The van der Waals surface area contributed by atoms with Crippen LogP contribution >= 0.6 is 0 Å². The summed E-state index contributed by atoms with van der Waals surface area (Å²) in [5, 5.41) is 10.2. The van der Waals surface area contributed by atoms with Gasteiger partial charge in [-0.2, -0.15) is 0 Å². The number of halogens is 1. The molecule has 0 radical (unpaired) electrons. The first-order valence-electron chi connectivity index (χ1n) is 10.3. The van der Waals surface area contributed by atoms with Crippen LogP contribution in [-0.4, -0.2) is 68.2 Å². The van der Waals surface area contributed by atoms with Crippen molar-refractivity contribution in [1.82, 2.24) is 9.97 Å². The summed E-state index contributed by atoms with van der Waals surface area (Å²) in [4.78, 5) is 24.4. The molecule has 3 rings (SSSR count). The zero-order chi connectivity index (χ0) is 22.9. The highest BCUT2D eigenvalue weighted by Crippen LogP contribution is 2.25. The Hall–Kier alpha value is -3.47. The van der Waals surface area contributed by atoms with Gasteiger partial charge in [0.2, 0.25) is 5.95 Å². The van der Waals surface area contributed by atoms with Crippen LogP contribution in [0.1, 0.15) is 19.4 Å². The van der Waals surface area contributed by atoms with Gasteiger partial charge in [0.05, 0.1) is 30.4 Å². The van der Waals surface area contributed by atoms with Gasteiger partial charge in [-0.15, -0.1) is 0 Å². The maximum absolute atomic E-state index is 15.0. The molecule has 1 saturated heterocycles. The number of methoxy groups -OCH3 is 1. The zero-order valence-electron chi connectivity index (χ0n) is 18.0. The van der Waals surface area contributed by atoms with E-state index in [1.165, 1.54) is 0 Å². The first-order chi connectivity index (χ1) is 15.5. The summed E-state index contributed by atoms with van der Waals surface area (Å²) >= 11 is 0. The average molecular weight is 462 g/mol. The van der Waals surface area contributed by atoms with Crippen molar-refractivity contribution in [3.05, 3.63) is 42.0 Å². The molecule has 0 atom stereocenters. The molecule has 0 unspecified atom stereocenters. The van der Waals surface area contributed by atoms with E-state index in [1.807, 2.05) is 4.90 Å². The molecule has 1 fully saturated rings. The van der Waals surface area contributed by atoms with E-state index in [4.69, 9.17) is 20.6 Å². The molecule has 0 amide bonds. The van der Waals surface area contributed by atoms with Gasteiger partial charge in [0.15, 0.2) is 5.82 Å². The molecule has 1 aromatic heterocycles. The van der Waals surface area contributed by atoms with E-state index in [-0.39, 0.29) is 31.9 Å². The Balaban J connectivity index is 0.00000385. The Morgan fingerprint density at radius 2 is 1.88 bits per heavy atom. The number of nitrogens with zero attached hydrogens (tertiary/aromatic N) is 4. The Morgan fingerprint density at radius 3 is 2.52 bits per heavy atom. The lowest BCUT2D eigenvalue weighted by molar-refractivity contribution is -0.143. The number of amidine groups is 1. The molecule has 2 heterocycles. The highest BCUT2D eigenvalue weighted by Gasteiger charge is 2.22. The summed E-state index contributed by atoms with van der Waals surface area (Å²) in [5.41, 5.74) is 6.85. The first kappa shape index (κ1) is 25.8. The summed E-state index contributed by atoms with van der Waals surface area (Å²) in [7, 11) is 1.64. The molecule has 10 nitrogen and oxygen atoms in total. The van der Waals surface area contributed by atoms with Crippen LogP contribution in [-0.2, 0) is 20.9 Å². The smallest absolute Gasteiger partial charge is 0.313 e. The Kier molecular flexibility index (Phi) is 9.80. The molecule has 1 aromatic carbocycles. The van der Waals surface area contributed by atoms with Crippen LogP contribution in [0.3, 0.4) is 0 Å². The Morgan fingerprint density at radius 1 is 1.21 bits per heavy atom. The van der Waals surface area contributed by atoms with Crippen LogP contribution in [0.25, 0.3) is 0 Å². The van der Waals surface area contributed by atoms with Gasteiger partial charge in [-0.1, -0.05) is 19.6 Å². The van der Waals surface area contributed by atoms with Gasteiger partial charge >= 0.3 is 5.97 Å². The fraction of sp³-hybridized carbons (Fsp3) is 0.455. The number of nitrogens with one attached hydrogen (secondary N) is 2. The van der Waals surface area contributed by atoms with Crippen molar-refractivity contribution in [3.8, 4) is 0 Å². The van der Waals surface area contributed by atoms with Crippen LogP contribution < -0.4 is 20.9 Å². The number of hydrogen-bond acceptors (Lipinski definition) is 9. The second kappa shape index (κ2) is 12.5. The third-order valence-electron chi connectivity index (χ3n) is 4.99. The SMILES string of the molecule is C.COCCNc1ncc(N2CCN(c3cccc(COC(=O)CC(=N)N)c3F)CC2)cn1. The summed E-state index contributed by atoms with van der Waals surface area (Å²) < 4.78 is 25.0. The fourth-order valence-electron chi connectivity index (χ4n) is 3.33. The van der Waals surface area contributed by atoms with Gasteiger partial charge in [0.25, 0.3) is 0 Å². The zero-order valence-corrected chi connectivity index (χ0v) is 18.0. The van der Waals surface area contributed by atoms with Gasteiger partial charge in [0.1, 0.15) is 18.9 Å². The molecule has 4 N–H and O–H groups in total. The van der Waals surface area contributed by atoms with Crippen molar-refractivity contribution < 1.29 is 18.7 Å². The fourth-order valence-corrected chi connectivity index (χ4v) is 3.33. The van der Waals surface area contributed by atoms with E-state index in [2.05, 4.69) is 20.2 Å². The number of nitrogens with two attached hydrogens (primary N) is 1. The van der Waals surface area contributed by atoms with Gasteiger partial charge in [-0.3, -0.25) is 10.2 Å². The number of ether oxygens (including phenoxy) is 2. The van der Waals surface area contributed by atoms with Gasteiger partial charge in [0, 0.05) is 45.4 Å². The summed E-state index contributed by atoms with van der Waals surface area (Å²) in [5.74, 6) is -0.804. The number of rotatable bonds is 10. The minimum absolute atomic E-state index is 0. The van der Waals surface area contributed by atoms with E-state index in [9.17, 15) is 4.79 Å². The highest BCUT2D eigenvalue weighted by molar-refractivity contribution is 5.94. The molecule has 0 spiro atoms. The number of esters is 1. The van der Waals surface area contributed by atoms with E-state index in [0.717, 1.165) is 5.69 Å². The van der Waals surface area contributed by atoms with Crippen molar-refractivity contribution in [3.63, 3.8) is 0 Å². The molecule has 180 valence electrons. The number of piperazine rings is 1. The van der Waals surface area contributed by atoms with Crippen molar-refractivity contribution in [2.45, 2.75) is 20.5 Å². The lowest BCUT2D eigenvalue weighted by Crippen LogP contribution is -2.47. The number of benzene rings is 1. The van der Waals surface area contributed by atoms with Crippen LogP contribution in [0.15, 0.2) is 30.6 Å². The largest absolute Gasteiger partial charge is 0.460 e. The van der Waals surface area contributed by atoms with E-state index in [1.54, 1.807) is 37.7 Å². The van der Waals surface area contributed by atoms with Crippen molar-refractivity contribution in [2.75, 3.05) is 61.6 Å². The summed E-state index contributed by atoms with van der Waals surface area (Å²) in [6.07, 6.45) is 3.24. The maximum Gasteiger partial charge on any atom is 0.313 e. The predicted molar refractivity (Wildman–Crippen MR) is 126 cm³/mol. The standard InChI is InChI=1S/C21H28FN7O3.CH4/c1-31-10-5-25-21-26-12-16(13-27-21)28-6-8-29(9-7-28)17-4-2-3-15(20(17)22)14-32-19(30)11-18(23)24;/h2-4,12-13H,5-11,14H2,1H3,(H3,23,24)(H,25,26,27);1H4. The van der Waals surface area contributed by atoms with Crippen LogP contribution in [0, 0.1) is 11.2 Å². The monoisotopic (exact) mass is 461 g/mol. The predicted octanol–water partition coefficient (Wildman–Crippen LogP) is 2.01. The number of aromatic nitrogens is 2. The number of anilines is 3. The molecule has 0 bridgehead atoms.